The van der Waals surface area contributed by atoms with Gasteiger partial charge in [0.25, 0.3) is 0 Å². The molecule has 0 amide bonds. The Balaban J connectivity index is 1.03. The molecular weight excluding hydrogens is 1020 g/mol. The lowest BCUT2D eigenvalue weighted by Gasteiger charge is -2.71. The lowest BCUT2D eigenvalue weighted by Crippen LogP contribution is -2.68. The smallest absolute Gasteiger partial charge is 0.187 e. The van der Waals surface area contributed by atoms with Crippen LogP contribution in [0.2, 0.25) is 0 Å². The van der Waals surface area contributed by atoms with E-state index in [0.29, 0.717) is 32.1 Å². The van der Waals surface area contributed by atoms with Crippen molar-refractivity contribution in [1.82, 2.24) is 0 Å². The summed E-state index contributed by atoms with van der Waals surface area (Å²) in [7, 11) is 0. The largest absolute Gasteiger partial charge is 0.394 e. The minimum absolute atomic E-state index is 0.000450. The first-order valence-corrected chi connectivity index (χ1v) is 27.5. The summed E-state index contributed by atoms with van der Waals surface area (Å²) in [5.41, 5.74) is -4.10. The molecule has 0 radical (unpaired) electrons. The number of ether oxygens (including phenoxy) is 8. The molecule has 29 unspecified atom stereocenters. The zero-order valence-corrected chi connectivity index (χ0v) is 45.5. The summed E-state index contributed by atoms with van der Waals surface area (Å²) in [6.45, 7) is 13.8. The van der Waals surface area contributed by atoms with Crippen molar-refractivity contribution in [2.45, 2.75) is 247 Å². The summed E-state index contributed by atoms with van der Waals surface area (Å²) in [6.07, 6.45) is -22.9. The molecule has 4 saturated carbocycles. The van der Waals surface area contributed by atoms with Crippen LogP contribution in [-0.2, 0) is 42.8 Å². The second kappa shape index (κ2) is 23.1. The molecule has 8 aliphatic rings. The van der Waals surface area contributed by atoms with Crippen molar-refractivity contribution in [3.8, 4) is 0 Å². The fraction of sp³-hybridized carbons (Fsp3) is 0.962. The number of rotatable bonds is 17. The van der Waals surface area contributed by atoms with Gasteiger partial charge in [-0.3, -0.25) is 5.26 Å². The molecule has 4 aliphatic heterocycles. The fourth-order valence-electron chi connectivity index (χ4n) is 16.0. The van der Waals surface area contributed by atoms with Crippen LogP contribution in [0.5, 0.6) is 0 Å². The molecule has 8 fully saturated rings. The molecule has 24 heteroatoms. The molecule has 77 heavy (non-hydrogen) atoms. The Morgan fingerprint density at radius 3 is 1.68 bits per heavy atom. The van der Waals surface area contributed by atoms with E-state index in [1.54, 1.807) is 26.0 Å². The molecule has 446 valence electrons. The predicted octanol–water partition coefficient (Wildman–Crippen LogP) is -2.10. The highest BCUT2D eigenvalue weighted by atomic mass is 17.1. The zero-order chi connectivity index (χ0) is 56.7. The number of aliphatic hydroxyl groups excluding tert-OH is 14. The van der Waals surface area contributed by atoms with Crippen LogP contribution < -0.4 is 0 Å². The van der Waals surface area contributed by atoms with Gasteiger partial charge in [-0.25, -0.2) is 4.89 Å². The van der Waals surface area contributed by atoms with Gasteiger partial charge in [-0.15, -0.1) is 0 Å². The zero-order valence-electron chi connectivity index (χ0n) is 45.5. The maximum absolute atomic E-state index is 12.8. The van der Waals surface area contributed by atoms with Crippen molar-refractivity contribution in [2.24, 2.45) is 45.3 Å². The summed E-state index contributed by atoms with van der Waals surface area (Å²) in [6, 6.07) is 0. The fourth-order valence-corrected chi connectivity index (χ4v) is 16.0. The van der Waals surface area contributed by atoms with Crippen molar-refractivity contribution in [2.75, 3.05) is 26.4 Å². The first-order chi connectivity index (χ1) is 36.0. The summed E-state index contributed by atoms with van der Waals surface area (Å²) in [5.74, 6) is -0.727. The number of hydrogen-bond acceptors (Lipinski definition) is 24. The van der Waals surface area contributed by atoms with E-state index in [4.69, 9.17) is 42.8 Å². The van der Waals surface area contributed by atoms with Crippen LogP contribution in [0.15, 0.2) is 12.2 Å². The Bertz CT molecular complexity index is 2000. The standard InChI is InChI=1S/C53H90O24/c1-48(2,77-68)13-9-14-53(8,76-46-42(67)38(63)36(61)28(73-46)22-69-44-40(65)35(60)27(21-56)70-44)23-10-16-52(7)32(23)24(57)18-30-50(5)15-12-31(49(3,4)29(50)11-17-51(30,52)6)74-47-43(39(64)34(59)26(20-55)72-47)75-45-41(66)37(62)33(58)25(19-54)71-45/h9,13,23-47,54-68H,10-12,14-22H2,1-8H3. The van der Waals surface area contributed by atoms with E-state index in [-0.39, 0.29) is 40.9 Å². The van der Waals surface area contributed by atoms with Crippen LogP contribution in [0.3, 0.4) is 0 Å². The maximum atomic E-state index is 12.8. The van der Waals surface area contributed by atoms with E-state index >= 15 is 0 Å². The topological polar surface area (TPSA) is 387 Å². The van der Waals surface area contributed by atoms with Crippen molar-refractivity contribution in [3.63, 3.8) is 0 Å². The molecule has 4 saturated heterocycles. The third-order valence-corrected chi connectivity index (χ3v) is 20.6. The predicted molar refractivity (Wildman–Crippen MR) is 263 cm³/mol. The van der Waals surface area contributed by atoms with Gasteiger partial charge in [0.2, 0.25) is 0 Å². The molecular formula is C53H90O24. The van der Waals surface area contributed by atoms with Gasteiger partial charge in [-0.1, -0.05) is 46.8 Å². The van der Waals surface area contributed by atoms with Gasteiger partial charge < -0.3 is 109 Å². The minimum atomic E-state index is -1.83. The van der Waals surface area contributed by atoms with Crippen molar-refractivity contribution < 1.29 is 120 Å². The molecule has 0 bridgehead atoms. The number of aliphatic hydroxyl groups is 14. The SMILES string of the molecule is CC(C)(C=CCC(C)(OC1OC(COC2OC(CO)C(O)C2O)C(O)C(O)C1O)C1CCC2(C)C1C(O)CC1C3(C)CCC(OC4OC(CO)C(O)C(O)C4OC4OC(CO)C(O)C(O)C4O)C(C)(C)C3CCC12C)OO. The summed E-state index contributed by atoms with van der Waals surface area (Å²) >= 11 is 0. The quantitative estimate of drug-likeness (QED) is 0.0321. The van der Waals surface area contributed by atoms with Gasteiger partial charge in [-0.05, 0) is 117 Å². The molecule has 0 spiro atoms. The van der Waals surface area contributed by atoms with Crippen molar-refractivity contribution >= 4 is 0 Å². The van der Waals surface area contributed by atoms with E-state index in [9.17, 15) is 76.7 Å². The molecule has 24 nitrogen and oxygen atoms in total. The summed E-state index contributed by atoms with van der Waals surface area (Å²) < 4.78 is 48.7. The van der Waals surface area contributed by atoms with E-state index < -0.39 is 177 Å². The molecule has 29 atom stereocenters. The van der Waals surface area contributed by atoms with Gasteiger partial charge in [-0.2, -0.15) is 0 Å². The number of fused-ring (bicyclic) bond motifs is 5. The molecule has 0 aromatic heterocycles. The van der Waals surface area contributed by atoms with Gasteiger partial charge in [0.1, 0.15) is 97.2 Å². The highest BCUT2D eigenvalue weighted by Gasteiger charge is 2.72. The normalized spacial score (nSPS) is 52.0. The highest BCUT2D eigenvalue weighted by Crippen LogP contribution is 2.76. The average Bonchev–Trinajstić information content (AvgIpc) is 4.10. The average molecular weight is 1110 g/mol. The third-order valence-electron chi connectivity index (χ3n) is 20.6. The maximum Gasteiger partial charge on any atom is 0.187 e. The van der Waals surface area contributed by atoms with Gasteiger partial charge in [0, 0.05) is 0 Å². The monoisotopic (exact) mass is 1110 g/mol. The Hall–Kier alpha value is -1.22. The molecule has 4 aliphatic carbocycles. The Morgan fingerprint density at radius 2 is 1.06 bits per heavy atom. The second-order valence-corrected chi connectivity index (χ2v) is 25.7. The van der Waals surface area contributed by atoms with Crippen LogP contribution in [0, 0.1) is 45.3 Å². The molecule has 8 rings (SSSR count). The number of hydrogen-bond donors (Lipinski definition) is 15. The van der Waals surface area contributed by atoms with Gasteiger partial charge >= 0.3 is 0 Å². The molecule has 0 aromatic rings. The lowest BCUT2D eigenvalue weighted by molar-refractivity contribution is -0.378. The van der Waals surface area contributed by atoms with E-state index in [2.05, 4.69) is 34.6 Å². The van der Waals surface area contributed by atoms with Crippen LogP contribution in [0.4, 0.5) is 0 Å². The third kappa shape index (κ3) is 10.9. The Labute approximate surface area is 449 Å². The summed E-state index contributed by atoms with van der Waals surface area (Å²) in [4.78, 5) is 4.70. The molecule has 0 aromatic carbocycles. The minimum Gasteiger partial charge on any atom is -0.394 e. The van der Waals surface area contributed by atoms with Crippen LogP contribution in [0.25, 0.3) is 0 Å². The van der Waals surface area contributed by atoms with E-state index in [0.717, 1.165) is 12.8 Å². The van der Waals surface area contributed by atoms with Crippen LogP contribution >= 0.6 is 0 Å². The van der Waals surface area contributed by atoms with Gasteiger partial charge in [0.05, 0.1) is 44.2 Å². The molecule has 4 heterocycles. The summed E-state index contributed by atoms with van der Waals surface area (Å²) in [5, 5.41) is 161. The van der Waals surface area contributed by atoms with Crippen LogP contribution in [-0.4, -0.2) is 243 Å². The second-order valence-electron chi connectivity index (χ2n) is 25.7. The van der Waals surface area contributed by atoms with Gasteiger partial charge in [0.15, 0.2) is 25.2 Å². The molecule has 15 N–H and O–H groups in total. The van der Waals surface area contributed by atoms with E-state index in [1.807, 2.05) is 6.92 Å². The van der Waals surface area contributed by atoms with Crippen molar-refractivity contribution in [1.29, 1.82) is 0 Å². The Kier molecular flexibility index (Phi) is 18.5. The first-order valence-electron chi connectivity index (χ1n) is 27.5. The lowest BCUT2D eigenvalue weighted by atomic mass is 9.35. The van der Waals surface area contributed by atoms with Crippen LogP contribution in [0.1, 0.15) is 107 Å². The Morgan fingerprint density at radius 1 is 0.545 bits per heavy atom. The van der Waals surface area contributed by atoms with Crippen molar-refractivity contribution in [3.05, 3.63) is 12.2 Å². The van der Waals surface area contributed by atoms with E-state index in [1.165, 1.54) is 0 Å². The highest BCUT2D eigenvalue weighted by molar-refractivity contribution is 5.21. The first kappa shape index (κ1) is 61.8.